The van der Waals surface area contributed by atoms with Gasteiger partial charge in [-0.1, -0.05) is 45.0 Å². The van der Waals surface area contributed by atoms with Gasteiger partial charge in [0.25, 0.3) is 5.91 Å². The minimum atomic E-state index is -1.55. The van der Waals surface area contributed by atoms with Gasteiger partial charge >= 0.3 is 0 Å². The summed E-state index contributed by atoms with van der Waals surface area (Å²) in [5.41, 5.74) is 2.05. The molecule has 0 radical (unpaired) electrons. The number of amides is 2. The van der Waals surface area contributed by atoms with E-state index in [1.165, 1.54) is 29.7 Å². The van der Waals surface area contributed by atoms with Crippen molar-refractivity contribution in [1.82, 2.24) is 10.8 Å². The summed E-state index contributed by atoms with van der Waals surface area (Å²) in [4.78, 5) is 24.1. The highest BCUT2D eigenvalue weighted by Gasteiger charge is 2.25. The van der Waals surface area contributed by atoms with Crippen molar-refractivity contribution in [3.63, 3.8) is 0 Å². The number of halogens is 3. The molecule has 0 spiro atoms. The van der Waals surface area contributed by atoms with Crippen molar-refractivity contribution in [3.05, 3.63) is 59.4 Å². The summed E-state index contributed by atoms with van der Waals surface area (Å²) < 4.78 is 39.9. The number of benzene rings is 2. The summed E-state index contributed by atoms with van der Waals surface area (Å²) in [6, 6.07) is 6.42. The first kappa shape index (κ1) is 21.4. The van der Waals surface area contributed by atoms with E-state index in [2.05, 4.69) is 5.32 Å². The molecule has 0 heterocycles. The Hall–Kier alpha value is -2.87. The molecule has 2 amide bonds. The Balaban J connectivity index is 2.29. The average molecular weight is 394 g/mol. The highest BCUT2D eigenvalue weighted by molar-refractivity contribution is 5.88. The summed E-state index contributed by atoms with van der Waals surface area (Å²) in [7, 11) is 0. The number of nitrogens with one attached hydrogen (secondary N) is 2. The SMILES string of the molecule is CC(C)(C)CC(=O)N[C@@H](C(=O)NO)c1ccc(-c2cc(F)c(F)c(F)c2)cc1. The molecule has 0 fully saturated rings. The van der Waals surface area contributed by atoms with Crippen LogP contribution >= 0.6 is 0 Å². The van der Waals surface area contributed by atoms with Gasteiger partial charge in [-0.15, -0.1) is 0 Å². The van der Waals surface area contributed by atoms with Gasteiger partial charge in [0.15, 0.2) is 17.5 Å². The normalized spacial score (nSPS) is 12.4. The molecule has 2 aromatic rings. The molecular weight excluding hydrogens is 373 g/mol. The Morgan fingerprint density at radius 3 is 2.00 bits per heavy atom. The maximum atomic E-state index is 13.4. The number of carbonyl (C=O) groups excluding carboxylic acids is 2. The lowest BCUT2D eigenvalue weighted by Gasteiger charge is -2.21. The highest BCUT2D eigenvalue weighted by Crippen LogP contribution is 2.26. The third-order valence-corrected chi connectivity index (χ3v) is 3.93. The van der Waals surface area contributed by atoms with E-state index in [-0.39, 0.29) is 23.3 Å². The van der Waals surface area contributed by atoms with Gasteiger partial charge in [0.05, 0.1) is 0 Å². The van der Waals surface area contributed by atoms with E-state index >= 15 is 0 Å². The van der Waals surface area contributed by atoms with E-state index in [1.54, 1.807) is 0 Å². The van der Waals surface area contributed by atoms with Crippen LogP contribution in [0.4, 0.5) is 13.2 Å². The number of hydrogen-bond acceptors (Lipinski definition) is 3. The third-order valence-electron chi connectivity index (χ3n) is 3.93. The van der Waals surface area contributed by atoms with Crippen molar-refractivity contribution in [1.29, 1.82) is 0 Å². The Morgan fingerprint density at radius 1 is 1.00 bits per heavy atom. The monoisotopic (exact) mass is 394 g/mol. The summed E-state index contributed by atoms with van der Waals surface area (Å²) in [5, 5.41) is 11.5. The lowest BCUT2D eigenvalue weighted by Crippen LogP contribution is -2.40. The van der Waals surface area contributed by atoms with Gasteiger partial charge in [0.1, 0.15) is 6.04 Å². The van der Waals surface area contributed by atoms with Gasteiger partial charge in [-0.05, 0) is 34.2 Å². The van der Waals surface area contributed by atoms with Crippen molar-refractivity contribution in [2.45, 2.75) is 33.2 Å². The van der Waals surface area contributed by atoms with Gasteiger partial charge in [0, 0.05) is 6.42 Å². The van der Waals surface area contributed by atoms with Crippen LogP contribution in [0.5, 0.6) is 0 Å². The lowest BCUT2D eigenvalue weighted by atomic mass is 9.91. The van der Waals surface area contributed by atoms with Crippen LogP contribution in [0.15, 0.2) is 36.4 Å². The highest BCUT2D eigenvalue weighted by atomic mass is 19.2. The Bertz CT molecular complexity index is 854. The molecular formula is C20H21F3N2O3. The fourth-order valence-corrected chi connectivity index (χ4v) is 2.65. The molecule has 0 unspecified atom stereocenters. The van der Waals surface area contributed by atoms with Crippen molar-refractivity contribution in [3.8, 4) is 11.1 Å². The average Bonchev–Trinajstić information content (AvgIpc) is 2.62. The summed E-state index contributed by atoms with van der Waals surface area (Å²) in [5.74, 6) is -5.40. The van der Waals surface area contributed by atoms with Crippen molar-refractivity contribution in [2.75, 3.05) is 0 Å². The zero-order valence-electron chi connectivity index (χ0n) is 15.6. The van der Waals surface area contributed by atoms with Crippen LogP contribution in [-0.4, -0.2) is 17.0 Å². The van der Waals surface area contributed by atoms with Crippen LogP contribution in [0.2, 0.25) is 0 Å². The molecule has 2 rings (SSSR count). The predicted octanol–water partition coefficient (Wildman–Crippen LogP) is 3.87. The first-order chi connectivity index (χ1) is 13.0. The zero-order valence-corrected chi connectivity index (χ0v) is 15.6. The molecule has 1 atom stereocenters. The first-order valence-electron chi connectivity index (χ1n) is 8.50. The van der Waals surface area contributed by atoms with E-state index in [0.717, 1.165) is 12.1 Å². The molecule has 8 heteroatoms. The van der Waals surface area contributed by atoms with Gasteiger partial charge in [-0.3, -0.25) is 14.8 Å². The molecule has 0 aliphatic carbocycles. The molecule has 2 aromatic carbocycles. The zero-order chi connectivity index (χ0) is 21.1. The van der Waals surface area contributed by atoms with E-state index in [1.807, 2.05) is 20.8 Å². The number of hydrogen-bond donors (Lipinski definition) is 3. The fraction of sp³-hybridized carbons (Fsp3) is 0.300. The van der Waals surface area contributed by atoms with E-state index in [0.29, 0.717) is 11.1 Å². The van der Waals surface area contributed by atoms with Crippen molar-refractivity contribution < 1.29 is 28.0 Å². The second-order valence-corrected chi connectivity index (χ2v) is 7.59. The molecule has 28 heavy (non-hydrogen) atoms. The van der Waals surface area contributed by atoms with Gasteiger partial charge in [-0.2, -0.15) is 0 Å². The summed E-state index contributed by atoms with van der Waals surface area (Å²) >= 11 is 0. The first-order valence-corrected chi connectivity index (χ1v) is 8.50. The van der Waals surface area contributed by atoms with Crippen LogP contribution in [0.25, 0.3) is 11.1 Å². The number of rotatable bonds is 5. The molecule has 0 saturated carbocycles. The topological polar surface area (TPSA) is 78.4 Å². The molecule has 0 aromatic heterocycles. The quantitative estimate of drug-likeness (QED) is 0.409. The smallest absolute Gasteiger partial charge is 0.270 e. The largest absolute Gasteiger partial charge is 0.340 e. The summed E-state index contributed by atoms with van der Waals surface area (Å²) in [6.07, 6.45) is 0.161. The minimum Gasteiger partial charge on any atom is -0.340 e. The van der Waals surface area contributed by atoms with Crippen LogP contribution in [0.1, 0.15) is 38.8 Å². The van der Waals surface area contributed by atoms with Gasteiger partial charge in [-0.25, -0.2) is 18.7 Å². The molecule has 5 nitrogen and oxygen atoms in total. The number of hydroxylamine groups is 1. The summed E-state index contributed by atoms with van der Waals surface area (Å²) in [6.45, 7) is 5.59. The van der Waals surface area contributed by atoms with Crippen LogP contribution in [0.3, 0.4) is 0 Å². The maximum Gasteiger partial charge on any atom is 0.270 e. The molecule has 0 aliphatic rings. The fourth-order valence-electron chi connectivity index (χ4n) is 2.65. The van der Waals surface area contributed by atoms with Crippen molar-refractivity contribution >= 4 is 11.8 Å². The van der Waals surface area contributed by atoms with Crippen LogP contribution in [0, 0.1) is 22.9 Å². The lowest BCUT2D eigenvalue weighted by molar-refractivity contribution is -0.135. The third kappa shape index (κ3) is 5.32. The van der Waals surface area contributed by atoms with Crippen molar-refractivity contribution in [2.24, 2.45) is 5.41 Å². The van der Waals surface area contributed by atoms with Gasteiger partial charge in [0.2, 0.25) is 5.91 Å². The van der Waals surface area contributed by atoms with Gasteiger partial charge < -0.3 is 5.32 Å². The number of carbonyl (C=O) groups is 2. The standard InChI is InChI=1S/C20H21F3N2O3/c1-20(2,3)10-16(26)24-18(19(27)25-28)12-6-4-11(5-7-12)13-8-14(21)17(23)15(22)9-13/h4-9,18,28H,10H2,1-3H3,(H,24,26)(H,25,27)/t18-/m1/s1. The molecule has 0 bridgehead atoms. The van der Waals surface area contributed by atoms with E-state index < -0.39 is 29.4 Å². The van der Waals surface area contributed by atoms with Crippen LogP contribution in [-0.2, 0) is 9.59 Å². The predicted molar refractivity (Wildman–Crippen MR) is 96.6 cm³/mol. The Kier molecular flexibility index (Phi) is 6.45. The minimum absolute atomic E-state index is 0.114. The van der Waals surface area contributed by atoms with E-state index in [4.69, 9.17) is 5.21 Å². The molecule has 0 saturated heterocycles. The van der Waals surface area contributed by atoms with Crippen LogP contribution < -0.4 is 10.8 Å². The second kappa shape index (κ2) is 8.43. The maximum absolute atomic E-state index is 13.4. The molecule has 0 aliphatic heterocycles. The van der Waals surface area contributed by atoms with E-state index in [9.17, 15) is 22.8 Å². The Morgan fingerprint density at radius 2 is 1.54 bits per heavy atom. The molecule has 3 N–H and O–H groups in total. The second-order valence-electron chi connectivity index (χ2n) is 7.59. The Labute approximate surface area is 160 Å². The molecule has 150 valence electrons.